The zero-order chi connectivity index (χ0) is 14.7. The predicted molar refractivity (Wildman–Crippen MR) is 79.1 cm³/mol. The van der Waals surface area contributed by atoms with Crippen molar-refractivity contribution in [2.45, 2.75) is 12.8 Å². The van der Waals surface area contributed by atoms with E-state index in [1.807, 2.05) is 4.90 Å². The number of benzene rings is 1. The molecule has 1 aliphatic heterocycles. The molecule has 21 heavy (non-hydrogen) atoms. The van der Waals surface area contributed by atoms with Crippen LogP contribution in [-0.2, 0) is 0 Å². The first-order valence-corrected chi connectivity index (χ1v) is 7.00. The molecule has 0 saturated carbocycles. The maximum absolute atomic E-state index is 12.8. The number of amides is 1. The lowest BCUT2D eigenvalue weighted by molar-refractivity contribution is 0.0787. The molecule has 3 rings (SSSR count). The Kier molecular flexibility index (Phi) is 3.81. The van der Waals surface area contributed by atoms with Gasteiger partial charge in [-0.25, -0.2) is 9.37 Å². The molecule has 0 spiro atoms. The molecule has 1 aliphatic rings. The van der Waals surface area contributed by atoms with Crippen LogP contribution in [0.15, 0.2) is 42.6 Å². The molecule has 1 aromatic carbocycles. The van der Waals surface area contributed by atoms with Gasteiger partial charge < -0.3 is 10.2 Å². The van der Waals surface area contributed by atoms with Crippen LogP contribution in [0.25, 0.3) is 0 Å². The van der Waals surface area contributed by atoms with Gasteiger partial charge in [-0.15, -0.1) is 0 Å². The predicted octanol–water partition coefficient (Wildman–Crippen LogP) is 3.20. The molecule has 1 N–H and O–H groups in total. The van der Waals surface area contributed by atoms with Crippen LogP contribution in [0.4, 0.5) is 15.8 Å². The highest BCUT2D eigenvalue weighted by atomic mass is 19.1. The summed E-state index contributed by atoms with van der Waals surface area (Å²) in [5, 5.41) is 3.11. The summed E-state index contributed by atoms with van der Waals surface area (Å²) in [6.45, 7) is 1.63. The number of pyridine rings is 1. The zero-order valence-electron chi connectivity index (χ0n) is 11.6. The Hall–Kier alpha value is -2.43. The number of nitrogens with one attached hydrogen (secondary N) is 1. The molecule has 108 valence electrons. The van der Waals surface area contributed by atoms with Crippen LogP contribution in [0.1, 0.15) is 23.3 Å². The first-order chi connectivity index (χ1) is 10.2. The van der Waals surface area contributed by atoms with Crippen LogP contribution >= 0.6 is 0 Å². The maximum atomic E-state index is 12.8. The number of hydrogen-bond acceptors (Lipinski definition) is 3. The number of nitrogens with zero attached hydrogens (tertiary/aromatic N) is 2. The van der Waals surface area contributed by atoms with Crippen molar-refractivity contribution in [3.8, 4) is 0 Å². The number of hydrogen-bond donors (Lipinski definition) is 1. The van der Waals surface area contributed by atoms with Crippen LogP contribution in [0, 0.1) is 5.82 Å². The SMILES string of the molecule is O=C(c1ccc(Nc2ccc(F)cc2)cn1)N1CCCC1. The lowest BCUT2D eigenvalue weighted by Gasteiger charge is -2.14. The van der Waals surface area contributed by atoms with Crippen molar-refractivity contribution in [2.24, 2.45) is 0 Å². The summed E-state index contributed by atoms with van der Waals surface area (Å²) >= 11 is 0. The molecule has 1 amide bonds. The standard InChI is InChI=1S/C16H16FN3O/c17-12-3-5-13(6-4-12)19-14-7-8-15(18-11-14)16(21)20-9-1-2-10-20/h3-8,11,19H,1-2,9-10H2. The Morgan fingerprint density at radius 1 is 1.05 bits per heavy atom. The van der Waals surface area contributed by atoms with E-state index >= 15 is 0 Å². The fourth-order valence-electron chi connectivity index (χ4n) is 2.38. The lowest BCUT2D eigenvalue weighted by atomic mass is 10.2. The third-order valence-corrected chi connectivity index (χ3v) is 3.51. The van der Waals surface area contributed by atoms with Gasteiger partial charge in [0.25, 0.3) is 5.91 Å². The Labute approximate surface area is 122 Å². The monoisotopic (exact) mass is 285 g/mol. The minimum atomic E-state index is -0.273. The van der Waals surface area contributed by atoms with Gasteiger partial charge in [0.1, 0.15) is 11.5 Å². The van der Waals surface area contributed by atoms with E-state index in [-0.39, 0.29) is 11.7 Å². The summed E-state index contributed by atoms with van der Waals surface area (Å²) < 4.78 is 12.8. The smallest absolute Gasteiger partial charge is 0.272 e. The Balaban J connectivity index is 1.68. The molecule has 0 unspecified atom stereocenters. The molecule has 2 heterocycles. The van der Waals surface area contributed by atoms with E-state index in [4.69, 9.17) is 0 Å². The first-order valence-electron chi connectivity index (χ1n) is 7.00. The molecular formula is C16H16FN3O. The molecule has 1 aromatic heterocycles. The first kappa shape index (κ1) is 13.5. The normalized spacial score (nSPS) is 14.2. The van der Waals surface area contributed by atoms with Crippen molar-refractivity contribution in [3.05, 3.63) is 54.1 Å². The summed E-state index contributed by atoms with van der Waals surface area (Å²) in [4.78, 5) is 18.2. The number of aromatic nitrogens is 1. The van der Waals surface area contributed by atoms with E-state index < -0.39 is 0 Å². The summed E-state index contributed by atoms with van der Waals surface area (Å²) in [6.07, 6.45) is 3.75. The van der Waals surface area contributed by atoms with Crippen LogP contribution in [0.2, 0.25) is 0 Å². The molecular weight excluding hydrogens is 269 g/mol. The highest BCUT2D eigenvalue weighted by Gasteiger charge is 2.20. The molecule has 0 aliphatic carbocycles. The van der Waals surface area contributed by atoms with Gasteiger partial charge in [-0.05, 0) is 49.2 Å². The van der Waals surface area contributed by atoms with E-state index in [1.165, 1.54) is 12.1 Å². The average Bonchev–Trinajstić information content (AvgIpc) is 3.04. The fraction of sp³-hybridized carbons (Fsp3) is 0.250. The number of rotatable bonds is 3. The molecule has 0 atom stereocenters. The van der Waals surface area contributed by atoms with Gasteiger partial charge in [0.05, 0.1) is 11.9 Å². The molecule has 0 bridgehead atoms. The van der Waals surface area contributed by atoms with Crippen molar-refractivity contribution < 1.29 is 9.18 Å². The quantitative estimate of drug-likeness (QED) is 0.942. The molecule has 4 nitrogen and oxygen atoms in total. The Morgan fingerprint density at radius 3 is 2.33 bits per heavy atom. The topological polar surface area (TPSA) is 45.2 Å². The lowest BCUT2D eigenvalue weighted by Crippen LogP contribution is -2.28. The summed E-state index contributed by atoms with van der Waals surface area (Å²) in [5.74, 6) is -0.286. The summed E-state index contributed by atoms with van der Waals surface area (Å²) in [5.41, 5.74) is 2.00. The Bertz CT molecular complexity index is 619. The van der Waals surface area contributed by atoms with Gasteiger partial charge in [-0.1, -0.05) is 0 Å². The second-order valence-electron chi connectivity index (χ2n) is 5.06. The highest BCUT2D eigenvalue weighted by molar-refractivity contribution is 5.92. The minimum Gasteiger partial charge on any atom is -0.354 e. The van der Waals surface area contributed by atoms with Crippen molar-refractivity contribution in [3.63, 3.8) is 0 Å². The third-order valence-electron chi connectivity index (χ3n) is 3.51. The van der Waals surface area contributed by atoms with Gasteiger partial charge in [0.2, 0.25) is 0 Å². The van der Waals surface area contributed by atoms with Crippen LogP contribution in [-0.4, -0.2) is 28.9 Å². The average molecular weight is 285 g/mol. The largest absolute Gasteiger partial charge is 0.354 e. The van der Waals surface area contributed by atoms with Gasteiger partial charge in [0, 0.05) is 18.8 Å². The van der Waals surface area contributed by atoms with Gasteiger partial charge in [0.15, 0.2) is 0 Å². The Morgan fingerprint density at radius 2 is 1.71 bits per heavy atom. The molecule has 2 aromatic rings. The van der Waals surface area contributed by atoms with Crippen molar-refractivity contribution >= 4 is 17.3 Å². The third kappa shape index (κ3) is 3.18. The van der Waals surface area contributed by atoms with Gasteiger partial charge in [-0.2, -0.15) is 0 Å². The zero-order valence-corrected chi connectivity index (χ0v) is 11.6. The second-order valence-corrected chi connectivity index (χ2v) is 5.06. The van der Waals surface area contributed by atoms with E-state index in [0.717, 1.165) is 37.3 Å². The molecule has 5 heteroatoms. The van der Waals surface area contributed by atoms with E-state index in [2.05, 4.69) is 10.3 Å². The number of carbonyl (C=O) groups is 1. The number of likely N-dealkylation sites (tertiary alicyclic amines) is 1. The number of anilines is 2. The van der Waals surface area contributed by atoms with Gasteiger partial charge >= 0.3 is 0 Å². The number of halogens is 1. The van der Waals surface area contributed by atoms with E-state index in [9.17, 15) is 9.18 Å². The van der Waals surface area contributed by atoms with Crippen LogP contribution in [0.5, 0.6) is 0 Å². The van der Waals surface area contributed by atoms with Crippen LogP contribution < -0.4 is 5.32 Å². The molecule has 1 fully saturated rings. The minimum absolute atomic E-state index is 0.0131. The second kappa shape index (κ2) is 5.91. The highest BCUT2D eigenvalue weighted by Crippen LogP contribution is 2.17. The number of carbonyl (C=O) groups excluding carboxylic acids is 1. The van der Waals surface area contributed by atoms with E-state index in [0.29, 0.717) is 5.69 Å². The summed E-state index contributed by atoms with van der Waals surface area (Å²) in [7, 11) is 0. The maximum Gasteiger partial charge on any atom is 0.272 e. The van der Waals surface area contributed by atoms with Crippen LogP contribution in [0.3, 0.4) is 0 Å². The van der Waals surface area contributed by atoms with E-state index in [1.54, 1.807) is 30.5 Å². The van der Waals surface area contributed by atoms with Gasteiger partial charge in [-0.3, -0.25) is 4.79 Å². The van der Waals surface area contributed by atoms with Crippen molar-refractivity contribution in [1.82, 2.24) is 9.88 Å². The van der Waals surface area contributed by atoms with Crippen molar-refractivity contribution in [2.75, 3.05) is 18.4 Å². The molecule has 0 radical (unpaired) electrons. The summed E-state index contributed by atoms with van der Waals surface area (Å²) in [6, 6.07) is 9.60. The molecule has 1 saturated heterocycles. The van der Waals surface area contributed by atoms with Crippen molar-refractivity contribution in [1.29, 1.82) is 0 Å². The fourth-order valence-corrected chi connectivity index (χ4v) is 2.38.